The van der Waals surface area contributed by atoms with E-state index in [-0.39, 0.29) is 12.7 Å². The minimum absolute atomic E-state index is 0.135. The van der Waals surface area contributed by atoms with Crippen LogP contribution in [0.2, 0.25) is 0 Å². The second-order valence-electron chi connectivity index (χ2n) is 2.28. The Hall–Kier alpha value is -0.390. The van der Waals surface area contributed by atoms with Crippen LogP contribution in [0.3, 0.4) is 0 Å². The van der Waals surface area contributed by atoms with Crippen molar-refractivity contribution in [2.45, 2.75) is 18.9 Å². The summed E-state index contributed by atoms with van der Waals surface area (Å²) in [6, 6.07) is 0. The van der Waals surface area contributed by atoms with Crippen molar-refractivity contribution in [3.05, 3.63) is 12.7 Å². The molecule has 0 aromatic rings. The molecule has 0 amide bonds. The average Bonchev–Trinajstić information content (AvgIpc) is 2.26. The molecule has 1 heterocycles. The van der Waals surface area contributed by atoms with E-state index >= 15 is 0 Å². The van der Waals surface area contributed by atoms with E-state index in [1.807, 2.05) is 0 Å². The minimum Gasteiger partial charge on any atom is -0.245 e. The lowest BCUT2D eigenvalue weighted by molar-refractivity contribution is 0.225. The van der Waals surface area contributed by atoms with Gasteiger partial charge in [0.15, 0.2) is 0 Å². The Morgan fingerprint density at radius 2 is 2.36 bits per heavy atom. The first-order chi connectivity index (χ1) is 5.14. The molecule has 11 heavy (non-hydrogen) atoms. The van der Waals surface area contributed by atoms with Crippen LogP contribution in [0, 0.1) is 0 Å². The van der Waals surface area contributed by atoms with Gasteiger partial charge >= 0.3 is 10.4 Å². The first-order valence-corrected chi connectivity index (χ1v) is 4.66. The Morgan fingerprint density at radius 3 is 2.82 bits per heavy atom. The van der Waals surface area contributed by atoms with Crippen molar-refractivity contribution in [2.24, 2.45) is 0 Å². The lowest BCUT2D eigenvalue weighted by atomic mass is 10.2. The number of rotatable bonds is 3. The van der Waals surface area contributed by atoms with Gasteiger partial charge in [0.2, 0.25) is 0 Å². The van der Waals surface area contributed by atoms with Crippen LogP contribution in [0.25, 0.3) is 0 Å². The van der Waals surface area contributed by atoms with E-state index < -0.39 is 10.4 Å². The van der Waals surface area contributed by atoms with E-state index in [9.17, 15) is 8.42 Å². The lowest BCUT2D eigenvalue weighted by Gasteiger charge is -2.00. The van der Waals surface area contributed by atoms with Gasteiger partial charge in [0, 0.05) is 0 Å². The third-order valence-electron chi connectivity index (χ3n) is 1.34. The highest BCUT2D eigenvalue weighted by Gasteiger charge is 2.28. The zero-order valence-corrected chi connectivity index (χ0v) is 6.84. The zero-order chi connectivity index (χ0) is 8.32. The van der Waals surface area contributed by atoms with Crippen LogP contribution in [0.5, 0.6) is 0 Å². The monoisotopic (exact) mass is 178 g/mol. The highest BCUT2D eigenvalue weighted by Crippen LogP contribution is 2.16. The molecule has 0 aromatic carbocycles. The van der Waals surface area contributed by atoms with Gasteiger partial charge < -0.3 is 0 Å². The third kappa shape index (κ3) is 2.61. The van der Waals surface area contributed by atoms with E-state index in [0.29, 0.717) is 6.42 Å². The van der Waals surface area contributed by atoms with E-state index in [2.05, 4.69) is 14.9 Å². The summed E-state index contributed by atoms with van der Waals surface area (Å²) in [5.41, 5.74) is 0. The summed E-state index contributed by atoms with van der Waals surface area (Å²) < 4.78 is 30.0. The lowest BCUT2D eigenvalue weighted by Crippen LogP contribution is -2.08. The fraction of sp³-hybridized carbons (Fsp3) is 0.667. The van der Waals surface area contributed by atoms with Crippen molar-refractivity contribution in [3.63, 3.8) is 0 Å². The molecule has 1 unspecified atom stereocenters. The van der Waals surface area contributed by atoms with Crippen LogP contribution in [-0.4, -0.2) is 21.1 Å². The van der Waals surface area contributed by atoms with Gasteiger partial charge in [0.1, 0.15) is 6.10 Å². The Morgan fingerprint density at radius 1 is 1.64 bits per heavy atom. The summed E-state index contributed by atoms with van der Waals surface area (Å²) in [4.78, 5) is 0. The second-order valence-corrected chi connectivity index (χ2v) is 3.52. The van der Waals surface area contributed by atoms with Crippen LogP contribution < -0.4 is 0 Å². The normalized spacial score (nSPS) is 28.5. The minimum atomic E-state index is -3.66. The fourth-order valence-electron chi connectivity index (χ4n) is 0.817. The molecule has 1 atom stereocenters. The summed E-state index contributed by atoms with van der Waals surface area (Å²) in [5, 5.41) is 0. The van der Waals surface area contributed by atoms with E-state index in [4.69, 9.17) is 0 Å². The maximum Gasteiger partial charge on any atom is 0.400 e. The number of allylic oxidation sites excluding steroid dienone is 1. The van der Waals surface area contributed by atoms with Crippen LogP contribution in [-0.2, 0) is 18.8 Å². The average molecular weight is 178 g/mol. The molecule has 1 aliphatic rings. The van der Waals surface area contributed by atoms with Crippen molar-refractivity contribution in [2.75, 3.05) is 6.61 Å². The molecule has 0 saturated carbocycles. The van der Waals surface area contributed by atoms with E-state index in [1.165, 1.54) is 0 Å². The molecular formula is C6H10O4S. The van der Waals surface area contributed by atoms with Crippen molar-refractivity contribution >= 4 is 10.4 Å². The summed E-state index contributed by atoms with van der Waals surface area (Å²) in [5.74, 6) is 0. The summed E-state index contributed by atoms with van der Waals surface area (Å²) in [6.07, 6.45) is 2.78. The van der Waals surface area contributed by atoms with Crippen LogP contribution in [0.15, 0.2) is 12.7 Å². The molecule has 0 spiro atoms. The van der Waals surface area contributed by atoms with Crippen LogP contribution in [0.1, 0.15) is 12.8 Å². The Kier molecular flexibility index (Phi) is 2.64. The number of hydrogen-bond donors (Lipinski definition) is 0. The summed E-state index contributed by atoms with van der Waals surface area (Å²) in [6.45, 7) is 3.65. The maximum absolute atomic E-state index is 10.5. The van der Waals surface area contributed by atoms with Gasteiger partial charge in [0.05, 0.1) is 6.61 Å². The topological polar surface area (TPSA) is 52.6 Å². The molecule has 5 heteroatoms. The maximum atomic E-state index is 10.5. The summed E-state index contributed by atoms with van der Waals surface area (Å²) >= 11 is 0. The Bertz CT molecular complexity index is 231. The van der Waals surface area contributed by atoms with Gasteiger partial charge in [-0.05, 0) is 12.8 Å². The predicted molar refractivity (Wildman–Crippen MR) is 39.2 cm³/mol. The molecule has 1 rings (SSSR count). The van der Waals surface area contributed by atoms with Crippen molar-refractivity contribution in [1.82, 2.24) is 0 Å². The largest absolute Gasteiger partial charge is 0.400 e. The second kappa shape index (κ2) is 3.34. The molecule has 64 valence electrons. The molecule has 0 N–H and O–H groups in total. The summed E-state index contributed by atoms with van der Waals surface area (Å²) in [7, 11) is -3.66. The molecule has 0 radical (unpaired) electrons. The Balaban J connectivity index is 2.36. The van der Waals surface area contributed by atoms with Gasteiger partial charge in [0.25, 0.3) is 0 Å². The van der Waals surface area contributed by atoms with Crippen molar-refractivity contribution in [1.29, 1.82) is 0 Å². The molecule has 4 nitrogen and oxygen atoms in total. The van der Waals surface area contributed by atoms with E-state index in [1.54, 1.807) is 6.08 Å². The zero-order valence-electron chi connectivity index (χ0n) is 6.02. The van der Waals surface area contributed by atoms with Gasteiger partial charge in [-0.2, -0.15) is 8.42 Å². The first kappa shape index (κ1) is 8.70. The van der Waals surface area contributed by atoms with Crippen LogP contribution in [0.4, 0.5) is 0 Å². The SMILES string of the molecule is C=CCCC1COS(=O)(=O)O1. The number of hydrogen-bond acceptors (Lipinski definition) is 4. The smallest absolute Gasteiger partial charge is 0.245 e. The quantitative estimate of drug-likeness (QED) is 0.594. The molecule has 1 aliphatic heterocycles. The van der Waals surface area contributed by atoms with Crippen molar-refractivity contribution in [3.8, 4) is 0 Å². The fourth-order valence-corrected chi connectivity index (χ4v) is 1.68. The predicted octanol–water partition coefficient (Wildman–Crippen LogP) is 0.613. The molecule has 0 aliphatic carbocycles. The van der Waals surface area contributed by atoms with Crippen molar-refractivity contribution < 1.29 is 16.8 Å². The van der Waals surface area contributed by atoms with Crippen LogP contribution >= 0.6 is 0 Å². The molecule has 0 bridgehead atoms. The standard InChI is InChI=1S/C6H10O4S/c1-2-3-4-6-5-9-11(7,8)10-6/h2,6H,1,3-5H2. The van der Waals surface area contributed by atoms with E-state index in [0.717, 1.165) is 6.42 Å². The first-order valence-electron chi connectivity index (χ1n) is 3.32. The molecular weight excluding hydrogens is 168 g/mol. The highest BCUT2D eigenvalue weighted by molar-refractivity contribution is 7.82. The molecule has 0 aromatic heterocycles. The highest BCUT2D eigenvalue weighted by atomic mass is 32.3. The Labute approximate surface area is 66.1 Å². The van der Waals surface area contributed by atoms with Gasteiger partial charge in [-0.1, -0.05) is 6.08 Å². The van der Waals surface area contributed by atoms with Gasteiger partial charge in [-0.25, -0.2) is 8.37 Å². The third-order valence-corrected chi connectivity index (χ3v) is 2.28. The molecule has 1 saturated heterocycles. The molecule has 1 fully saturated rings. The van der Waals surface area contributed by atoms with Gasteiger partial charge in [-0.15, -0.1) is 6.58 Å². The van der Waals surface area contributed by atoms with Gasteiger partial charge in [-0.3, -0.25) is 0 Å².